The van der Waals surface area contributed by atoms with Gasteiger partial charge in [0, 0.05) is 37.9 Å². The molecular weight excluding hydrogens is 206 g/mol. The number of nitrogens with zero attached hydrogens (tertiary/aromatic N) is 2. The van der Waals surface area contributed by atoms with Crippen LogP contribution in [0.5, 0.6) is 0 Å². The standard InChI is InChI=1S/C11H19N3O2/c1-14-6-10(5-13-14)11(4-12)16-8-9-2-3-15-7-9/h5-6,9,11H,2-4,7-8,12H2,1H3. The van der Waals surface area contributed by atoms with Crippen molar-refractivity contribution in [2.24, 2.45) is 18.7 Å². The van der Waals surface area contributed by atoms with E-state index in [9.17, 15) is 0 Å². The highest BCUT2D eigenvalue weighted by Gasteiger charge is 2.19. The number of nitrogens with two attached hydrogens (primary N) is 1. The molecule has 5 heteroatoms. The van der Waals surface area contributed by atoms with Gasteiger partial charge in [0.2, 0.25) is 0 Å². The van der Waals surface area contributed by atoms with Crippen molar-refractivity contribution in [3.05, 3.63) is 18.0 Å². The summed E-state index contributed by atoms with van der Waals surface area (Å²) in [6, 6.07) is 0. The first-order valence-corrected chi connectivity index (χ1v) is 5.67. The Hall–Kier alpha value is -0.910. The predicted octanol–water partition coefficient (Wildman–Crippen LogP) is 0.473. The summed E-state index contributed by atoms with van der Waals surface area (Å²) in [5, 5.41) is 4.12. The number of hydrogen-bond acceptors (Lipinski definition) is 4. The smallest absolute Gasteiger partial charge is 0.0977 e. The zero-order valence-corrected chi connectivity index (χ0v) is 9.63. The van der Waals surface area contributed by atoms with Crippen LogP contribution in [0.25, 0.3) is 0 Å². The fourth-order valence-corrected chi connectivity index (χ4v) is 1.87. The van der Waals surface area contributed by atoms with Gasteiger partial charge in [-0.2, -0.15) is 5.10 Å². The fraction of sp³-hybridized carbons (Fsp3) is 0.727. The van der Waals surface area contributed by atoms with Crippen molar-refractivity contribution in [3.8, 4) is 0 Å². The Morgan fingerprint density at radius 3 is 3.19 bits per heavy atom. The SMILES string of the molecule is Cn1cc(C(CN)OCC2CCOC2)cn1. The number of aryl methyl sites for hydroxylation is 1. The predicted molar refractivity (Wildman–Crippen MR) is 59.9 cm³/mol. The summed E-state index contributed by atoms with van der Waals surface area (Å²) in [5.41, 5.74) is 6.75. The maximum absolute atomic E-state index is 5.82. The molecule has 1 saturated heterocycles. The van der Waals surface area contributed by atoms with Crippen LogP contribution in [0.2, 0.25) is 0 Å². The molecule has 0 saturated carbocycles. The molecule has 90 valence electrons. The summed E-state index contributed by atoms with van der Waals surface area (Å²) in [5.74, 6) is 0.519. The van der Waals surface area contributed by atoms with Crippen LogP contribution in [0.4, 0.5) is 0 Å². The molecule has 1 aliphatic heterocycles. The molecule has 0 amide bonds. The number of ether oxygens (including phenoxy) is 2. The second kappa shape index (κ2) is 5.43. The first-order chi connectivity index (χ1) is 7.79. The second-order valence-electron chi connectivity index (χ2n) is 4.23. The summed E-state index contributed by atoms with van der Waals surface area (Å²) >= 11 is 0. The molecule has 1 aliphatic rings. The summed E-state index contributed by atoms with van der Waals surface area (Å²) in [7, 11) is 1.89. The van der Waals surface area contributed by atoms with E-state index in [1.807, 2.05) is 19.4 Å². The van der Waals surface area contributed by atoms with Crippen LogP contribution in [-0.4, -0.2) is 36.1 Å². The molecular formula is C11H19N3O2. The monoisotopic (exact) mass is 225 g/mol. The average molecular weight is 225 g/mol. The zero-order chi connectivity index (χ0) is 11.4. The van der Waals surface area contributed by atoms with E-state index < -0.39 is 0 Å². The van der Waals surface area contributed by atoms with Crippen molar-refractivity contribution in [2.45, 2.75) is 12.5 Å². The van der Waals surface area contributed by atoms with Gasteiger partial charge in [0.15, 0.2) is 0 Å². The molecule has 2 atom stereocenters. The van der Waals surface area contributed by atoms with E-state index in [4.69, 9.17) is 15.2 Å². The number of aromatic nitrogens is 2. The van der Waals surface area contributed by atoms with Gasteiger partial charge in [0.05, 0.1) is 25.5 Å². The highest BCUT2D eigenvalue weighted by Crippen LogP contribution is 2.19. The second-order valence-corrected chi connectivity index (χ2v) is 4.23. The third kappa shape index (κ3) is 2.81. The number of rotatable bonds is 5. The van der Waals surface area contributed by atoms with E-state index in [0.717, 1.165) is 31.8 Å². The first kappa shape index (κ1) is 11.6. The lowest BCUT2D eigenvalue weighted by atomic mass is 10.1. The molecule has 0 radical (unpaired) electrons. The van der Waals surface area contributed by atoms with Crippen molar-refractivity contribution in [2.75, 3.05) is 26.4 Å². The van der Waals surface area contributed by atoms with E-state index in [-0.39, 0.29) is 6.10 Å². The van der Waals surface area contributed by atoms with Crippen LogP contribution >= 0.6 is 0 Å². The maximum Gasteiger partial charge on any atom is 0.0977 e. The third-order valence-corrected chi connectivity index (χ3v) is 2.87. The Labute approximate surface area is 95.5 Å². The Balaban J connectivity index is 1.85. The van der Waals surface area contributed by atoms with Crippen molar-refractivity contribution in [1.29, 1.82) is 0 Å². The van der Waals surface area contributed by atoms with Crippen molar-refractivity contribution in [3.63, 3.8) is 0 Å². The molecule has 2 unspecified atom stereocenters. The van der Waals surface area contributed by atoms with Gasteiger partial charge in [-0.1, -0.05) is 0 Å². The van der Waals surface area contributed by atoms with Gasteiger partial charge in [0.25, 0.3) is 0 Å². The van der Waals surface area contributed by atoms with Gasteiger partial charge in [-0.25, -0.2) is 0 Å². The average Bonchev–Trinajstić information content (AvgIpc) is 2.91. The molecule has 1 aromatic heterocycles. The molecule has 5 nitrogen and oxygen atoms in total. The van der Waals surface area contributed by atoms with Gasteiger partial charge >= 0.3 is 0 Å². The Kier molecular flexibility index (Phi) is 3.93. The van der Waals surface area contributed by atoms with E-state index in [0.29, 0.717) is 12.5 Å². The lowest BCUT2D eigenvalue weighted by Crippen LogP contribution is -2.19. The largest absolute Gasteiger partial charge is 0.381 e. The summed E-state index contributed by atoms with van der Waals surface area (Å²) in [6.07, 6.45) is 4.80. The normalized spacial score (nSPS) is 22.5. The minimum absolute atomic E-state index is 0.0469. The zero-order valence-electron chi connectivity index (χ0n) is 9.63. The van der Waals surface area contributed by atoms with Crippen LogP contribution in [0.15, 0.2) is 12.4 Å². The molecule has 1 fully saturated rings. The van der Waals surface area contributed by atoms with Gasteiger partial charge in [-0.3, -0.25) is 4.68 Å². The van der Waals surface area contributed by atoms with Crippen molar-refractivity contribution in [1.82, 2.24) is 9.78 Å². The highest BCUT2D eigenvalue weighted by atomic mass is 16.5. The Morgan fingerprint density at radius 2 is 2.62 bits per heavy atom. The van der Waals surface area contributed by atoms with E-state index >= 15 is 0 Å². The molecule has 0 bridgehead atoms. The van der Waals surface area contributed by atoms with E-state index in [1.165, 1.54) is 0 Å². The Bertz CT molecular complexity index is 321. The van der Waals surface area contributed by atoms with Crippen molar-refractivity contribution >= 4 is 0 Å². The summed E-state index contributed by atoms with van der Waals surface area (Å²) in [6.45, 7) is 2.87. The minimum Gasteiger partial charge on any atom is -0.381 e. The molecule has 16 heavy (non-hydrogen) atoms. The van der Waals surface area contributed by atoms with Gasteiger partial charge in [-0.15, -0.1) is 0 Å². The van der Waals surface area contributed by atoms with Gasteiger partial charge < -0.3 is 15.2 Å². The highest BCUT2D eigenvalue weighted by molar-refractivity contribution is 5.08. The van der Waals surface area contributed by atoms with E-state index in [1.54, 1.807) is 4.68 Å². The molecule has 2 heterocycles. The molecule has 0 spiro atoms. The molecule has 2 rings (SSSR count). The fourth-order valence-electron chi connectivity index (χ4n) is 1.87. The number of hydrogen-bond donors (Lipinski definition) is 1. The quantitative estimate of drug-likeness (QED) is 0.791. The maximum atomic E-state index is 5.82. The third-order valence-electron chi connectivity index (χ3n) is 2.87. The van der Waals surface area contributed by atoms with Crippen LogP contribution < -0.4 is 5.73 Å². The minimum atomic E-state index is -0.0469. The van der Waals surface area contributed by atoms with Gasteiger partial charge in [-0.05, 0) is 6.42 Å². The topological polar surface area (TPSA) is 62.3 Å². The van der Waals surface area contributed by atoms with E-state index in [2.05, 4.69) is 5.10 Å². The van der Waals surface area contributed by atoms with Gasteiger partial charge in [0.1, 0.15) is 0 Å². The Morgan fingerprint density at radius 1 is 1.75 bits per heavy atom. The lowest BCUT2D eigenvalue weighted by molar-refractivity contribution is 0.0301. The molecule has 0 aliphatic carbocycles. The first-order valence-electron chi connectivity index (χ1n) is 5.67. The molecule has 0 aromatic carbocycles. The molecule has 1 aromatic rings. The lowest BCUT2D eigenvalue weighted by Gasteiger charge is -2.16. The summed E-state index contributed by atoms with van der Waals surface area (Å²) in [4.78, 5) is 0. The van der Waals surface area contributed by atoms with Crippen LogP contribution in [0.3, 0.4) is 0 Å². The van der Waals surface area contributed by atoms with Crippen LogP contribution in [0.1, 0.15) is 18.1 Å². The van der Waals surface area contributed by atoms with Crippen LogP contribution in [-0.2, 0) is 16.5 Å². The summed E-state index contributed by atoms with van der Waals surface area (Å²) < 4.78 is 12.9. The van der Waals surface area contributed by atoms with Crippen molar-refractivity contribution < 1.29 is 9.47 Å². The van der Waals surface area contributed by atoms with Crippen LogP contribution in [0, 0.1) is 5.92 Å². The molecule has 2 N–H and O–H groups in total.